The van der Waals surface area contributed by atoms with Gasteiger partial charge in [-0.2, -0.15) is 0 Å². The van der Waals surface area contributed by atoms with E-state index in [-0.39, 0.29) is 6.03 Å². The summed E-state index contributed by atoms with van der Waals surface area (Å²) < 4.78 is 0. The van der Waals surface area contributed by atoms with Gasteiger partial charge in [0.05, 0.1) is 12.1 Å². The van der Waals surface area contributed by atoms with Gasteiger partial charge in [-0.05, 0) is 38.5 Å². The van der Waals surface area contributed by atoms with E-state index in [1.54, 1.807) is 0 Å². The Hall–Kier alpha value is -0.770. The molecule has 4 heteroatoms. The molecule has 0 spiro atoms. The standard InChI is InChI=1S/C20H35N3O/c24-20-21-18-10-6-7-11-19(18)23(20)17-12-14-22(15-13-17)16-8-4-2-1-3-5-9-16/h16-19H,1-15H2,(H,21,24)/t18-,19-/m1/s1. The molecular weight excluding hydrogens is 298 g/mol. The molecule has 2 saturated heterocycles. The number of urea groups is 1. The summed E-state index contributed by atoms with van der Waals surface area (Å²) in [4.78, 5) is 17.5. The lowest BCUT2D eigenvalue weighted by atomic mass is 9.89. The van der Waals surface area contributed by atoms with Crippen LogP contribution in [0.3, 0.4) is 0 Å². The van der Waals surface area contributed by atoms with E-state index in [4.69, 9.17) is 0 Å². The molecule has 0 aromatic carbocycles. The Balaban J connectivity index is 1.33. The van der Waals surface area contributed by atoms with Gasteiger partial charge in [0.2, 0.25) is 0 Å². The first-order chi connectivity index (χ1) is 11.8. The van der Waals surface area contributed by atoms with Crippen LogP contribution in [-0.4, -0.2) is 53.1 Å². The molecule has 1 N–H and O–H groups in total. The van der Waals surface area contributed by atoms with Crippen molar-refractivity contribution in [3.8, 4) is 0 Å². The zero-order valence-corrected chi connectivity index (χ0v) is 15.2. The largest absolute Gasteiger partial charge is 0.333 e. The van der Waals surface area contributed by atoms with E-state index >= 15 is 0 Å². The van der Waals surface area contributed by atoms with Crippen molar-refractivity contribution in [2.75, 3.05) is 13.1 Å². The Morgan fingerprint density at radius 3 is 2.08 bits per heavy atom. The second kappa shape index (κ2) is 7.63. The lowest BCUT2D eigenvalue weighted by Gasteiger charge is -2.43. The Kier molecular flexibility index (Phi) is 5.31. The lowest BCUT2D eigenvalue weighted by molar-refractivity contribution is 0.0737. The van der Waals surface area contributed by atoms with Gasteiger partial charge in [0.15, 0.2) is 0 Å². The molecule has 0 bridgehead atoms. The normalized spacial score (nSPS) is 34.5. The fourth-order valence-electron chi connectivity index (χ4n) is 5.76. The zero-order valence-electron chi connectivity index (χ0n) is 15.2. The van der Waals surface area contributed by atoms with Gasteiger partial charge in [0.25, 0.3) is 0 Å². The van der Waals surface area contributed by atoms with Crippen LogP contribution in [0.2, 0.25) is 0 Å². The number of rotatable bonds is 2. The first-order valence-electron chi connectivity index (χ1n) is 10.7. The SMILES string of the molecule is O=C1N[C@@H]2CCCC[C@H]2N1C1CCN(C2CCCCCCC2)CC1. The van der Waals surface area contributed by atoms with Gasteiger partial charge in [0.1, 0.15) is 0 Å². The van der Waals surface area contributed by atoms with Crippen molar-refractivity contribution >= 4 is 6.03 Å². The average molecular weight is 334 g/mol. The molecule has 0 aromatic rings. The van der Waals surface area contributed by atoms with Crippen molar-refractivity contribution in [2.24, 2.45) is 0 Å². The summed E-state index contributed by atoms with van der Waals surface area (Å²) in [6, 6.07) is 2.47. The van der Waals surface area contributed by atoms with Crippen molar-refractivity contribution in [3.05, 3.63) is 0 Å². The van der Waals surface area contributed by atoms with Gasteiger partial charge in [-0.25, -0.2) is 4.79 Å². The molecule has 2 aliphatic heterocycles. The third-order valence-corrected chi connectivity index (χ3v) is 7.11. The molecule has 0 radical (unpaired) electrons. The first-order valence-corrected chi connectivity index (χ1v) is 10.7. The fourth-order valence-corrected chi connectivity index (χ4v) is 5.76. The van der Waals surface area contributed by atoms with Gasteiger partial charge in [-0.15, -0.1) is 0 Å². The highest BCUT2D eigenvalue weighted by molar-refractivity contribution is 5.78. The van der Waals surface area contributed by atoms with Crippen molar-refractivity contribution in [1.29, 1.82) is 0 Å². The molecule has 136 valence electrons. The molecule has 4 fully saturated rings. The molecule has 24 heavy (non-hydrogen) atoms. The molecule has 2 aliphatic carbocycles. The molecule has 2 amide bonds. The van der Waals surface area contributed by atoms with Crippen molar-refractivity contribution in [3.63, 3.8) is 0 Å². The van der Waals surface area contributed by atoms with Gasteiger partial charge in [-0.3, -0.25) is 0 Å². The number of nitrogens with zero attached hydrogens (tertiary/aromatic N) is 2. The predicted molar refractivity (Wildman–Crippen MR) is 97.1 cm³/mol. The van der Waals surface area contributed by atoms with E-state index < -0.39 is 0 Å². The van der Waals surface area contributed by atoms with Crippen molar-refractivity contribution in [1.82, 2.24) is 15.1 Å². The van der Waals surface area contributed by atoms with Crippen LogP contribution in [0.5, 0.6) is 0 Å². The molecule has 4 aliphatic rings. The van der Waals surface area contributed by atoms with Crippen LogP contribution in [-0.2, 0) is 0 Å². The molecular formula is C20H35N3O. The minimum atomic E-state index is 0.233. The lowest BCUT2D eigenvalue weighted by Crippen LogP contribution is -2.51. The van der Waals surface area contributed by atoms with E-state index in [0.29, 0.717) is 18.1 Å². The highest BCUT2D eigenvalue weighted by Gasteiger charge is 2.44. The van der Waals surface area contributed by atoms with Crippen molar-refractivity contribution in [2.45, 2.75) is 108 Å². The maximum Gasteiger partial charge on any atom is 0.318 e. The Labute approximate surface area is 147 Å². The third-order valence-electron chi connectivity index (χ3n) is 7.11. The predicted octanol–water partition coefficient (Wildman–Crippen LogP) is 3.90. The van der Waals surface area contributed by atoms with Gasteiger partial charge < -0.3 is 15.1 Å². The number of fused-ring (bicyclic) bond motifs is 1. The molecule has 4 nitrogen and oxygen atoms in total. The maximum absolute atomic E-state index is 12.5. The van der Waals surface area contributed by atoms with E-state index in [9.17, 15) is 4.79 Å². The number of nitrogens with one attached hydrogen (secondary N) is 1. The van der Waals surface area contributed by atoms with E-state index in [0.717, 1.165) is 6.04 Å². The fraction of sp³-hybridized carbons (Fsp3) is 0.950. The molecule has 2 atom stereocenters. The van der Waals surface area contributed by atoms with E-state index in [1.165, 1.54) is 96.6 Å². The number of carbonyl (C=O) groups is 1. The number of likely N-dealkylation sites (tertiary alicyclic amines) is 1. The van der Waals surface area contributed by atoms with Crippen LogP contribution < -0.4 is 5.32 Å². The van der Waals surface area contributed by atoms with Crippen LogP contribution in [0.1, 0.15) is 83.5 Å². The van der Waals surface area contributed by atoms with Crippen LogP contribution >= 0.6 is 0 Å². The summed E-state index contributed by atoms with van der Waals surface area (Å²) in [6.45, 7) is 2.41. The van der Waals surface area contributed by atoms with Gasteiger partial charge >= 0.3 is 6.03 Å². The highest BCUT2D eigenvalue weighted by atomic mass is 16.2. The zero-order chi connectivity index (χ0) is 16.4. The molecule has 4 rings (SSSR count). The Bertz CT molecular complexity index is 425. The second-order valence-electron chi connectivity index (χ2n) is 8.58. The number of piperidine rings is 1. The van der Waals surface area contributed by atoms with E-state index in [2.05, 4.69) is 15.1 Å². The third kappa shape index (κ3) is 3.44. The molecule has 0 unspecified atom stereocenters. The van der Waals surface area contributed by atoms with Crippen molar-refractivity contribution < 1.29 is 4.79 Å². The van der Waals surface area contributed by atoms with Gasteiger partial charge in [0, 0.05) is 25.2 Å². The topological polar surface area (TPSA) is 35.6 Å². The molecule has 2 saturated carbocycles. The summed E-state index contributed by atoms with van der Waals surface area (Å²) in [5.41, 5.74) is 0. The summed E-state index contributed by atoms with van der Waals surface area (Å²) in [6.07, 6.45) is 17.3. The minimum Gasteiger partial charge on any atom is -0.333 e. The van der Waals surface area contributed by atoms with Crippen LogP contribution in [0, 0.1) is 0 Å². The summed E-state index contributed by atoms with van der Waals surface area (Å²) in [5, 5.41) is 3.27. The number of hydrogen-bond donors (Lipinski definition) is 1. The number of hydrogen-bond acceptors (Lipinski definition) is 2. The summed E-state index contributed by atoms with van der Waals surface area (Å²) >= 11 is 0. The molecule has 0 aromatic heterocycles. The van der Waals surface area contributed by atoms with Crippen LogP contribution in [0.25, 0.3) is 0 Å². The highest BCUT2D eigenvalue weighted by Crippen LogP contribution is 2.33. The Morgan fingerprint density at radius 1 is 0.708 bits per heavy atom. The smallest absolute Gasteiger partial charge is 0.318 e. The van der Waals surface area contributed by atoms with Crippen LogP contribution in [0.15, 0.2) is 0 Å². The summed E-state index contributed by atoms with van der Waals surface area (Å²) in [5.74, 6) is 0. The van der Waals surface area contributed by atoms with Crippen LogP contribution in [0.4, 0.5) is 4.79 Å². The quantitative estimate of drug-likeness (QED) is 0.832. The first kappa shape index (κ1) is 16.7. The van der Waals surface area contributed by atoms with Gasteiger partial charge in [-0.1, -0.05) is 44.9 Å². The Morgan fingerprint density at radius 2 is 1.33 bits per heavy atom. The summed E-state index contributed by atoms with van der Waals surface area (Å²) in [7, 11) is 0. The maximum atomic E-state index is 12.5. The number of amides is 2. The monoisotopic (exact) mass is 333 g/mol. The van der Waals surface area contributed by atoms with E-state index in [1.807, 2.05) is 0 Å². The average Bonchev–Trinajstić information content (AvgIpc) is 2.91. The molecule has 2 heterocycles. The minimum absolute atomic E-state index is 0.233. The number of carbonyl (C=O) groups excluding carboxylic acids is 1. The second-order valence-corrected chi connectivity index (χ2v) is 8.58.